The van der Waals surface area contributed by atoms with Crippen molar-refractivity contribution in [2.75, 3.05) is 4.90 Å². The smallest absolute Gasteiger partial charge is 0.270 e. The number of hydrogen-bond acceptors (Lipinski definition) is 4. The lowest BCUT2D eigenvalue weighted by Crippen LogP contribution is -2.54. The molecule has 2 amide bonds. The van der Waals surface area contributed by atoms with Crippen LogP contribution >= 0.6 is 47.0 Å². The Bertz CT molecular complexity index is 1280. The standard InChI is InChI=1S/C22H13Cl3N2O3S/c1-11-2-4-13(9-18(11)25)27-21(29)16(20(28)26-22(27)31)10-14-5-7-19(30-14)15-8-12(23)3-6-17(15)24/h2-10H,1H3,(H,26,28,31)/b16-10+. The van der Waals surface area contributed by atoms with E-state index in [1.807, 2.05) is 6.92 Å². The van der Waals surface area contributed by atoms with E-state index in [-0.39, 0.29) is 10.7 Å². The molecule has 9 heteroatoms. The Hall–Kier alpha value is -2.64. The second-order valence-electron chi connectivity index (χ2n) is 6.72. The lowest BCUT2D eigenvalue weighted by atomic mass is 10.1. The first-order chi connectivity index (χ1) is 14.7. The summed E-state index contributed by atoms with van der Waals surface area (Å²) in [6, 6.07) is 13.4. The second-order valence-corrected chi connectivity index (χ2v) is 8.36. The first-order valence-electron chi connectivity index (χ1n) is 8.97. The first kappa shape index (κ1) is 21.6. The van der Waals surface area contributed by atoms with Gasteiger partial charge in [-0.15, -0.1) is 0 Å². The molecule has 4 rings (SSSR count). The van der Waals surface area contributed by atoms with Crippen molar-refractivity contribution in [2.24, 2.45) is 0 Å². The SMILES string of the molecule is Cc1ccc(N2C(=O)/C(=C/c3ccc(-c4cc(Cl)ccc4Cl)o3)C(=O)NC2=S)cc1Cl. The Morgan fingerprint density at radius 2 is 1.77 bits per heavy atom. The van der Waals surface area contributed by atoms with Crippen LogP contribution in [-0.2, 0) is 9.59 Å². The fraction of sp³-hybridized carbons (Fsp3) is 0.0455. The Morgan fingerprint density at radius 1 is 1.00 bits per heavy atom. The third-order valence-corrected chi connectivity index (χ3v) is 5.88. The number of hydrogen-bond donors (Lipinski definition) is 1. The van der Waals surface area contributed by atoms with E-state index < -0.39 is 11.8 Å². The Morgan fingerprint density at radius 3 is 2.52 bits per heavy atom. The molecule has 1 fully saturated rings. The summed E-state index contributed by atoms with van der Waals surface area (Å²) >= 11 is 23.7. The van der Waals surface area contributed by atoms with Gasteiger partial charge in [0.05, 0.1) is 10.7 Å². The summed E-state index contributed by atoms with van der Waals surface area (Å²) in [6.07, 6.45) is 1.35. The number of nitrogens with zero attached hydrogens (tertiary/aromatic N) is 1. The van der Waals surface area contributed by atoms with Crippen LogP contribution in [0.4, 0.5) is 5.69 Å². The van der Waals surface area contributed by atoms with Crippen molar-refractivity contribution < 1.29 is 14.0 Å². The molecule has 1 aliphatic heterocycles. The van der Waals surface area contributed by atoms with Crippen LogP contribution in [-0.4, -0.2) is 16.9 Å². The van der Waals surface area contributed by atoms with Gasteiger partial charge in [-0.05, 0) is 73.2 Å². The number of amides is 2. The minimum Gasteiger partial charge on any atom is -0.457 e. The van der Waals surface area contributed by atoms with Gasteiger partial charge in [0.1, 0.15) is 17.1 Å². The third kappa shape index (κ3) is 4.25. The third-order valence-electron chi connectivity index (χ3n) is 4.62. The van der Waals surface area contributed by atoms with Crippen LogP contribution in [0.1, 0.15) is 11.3 Å². The van der Waals surface area contributed by atoms with Crippen molar-refractivity contribution in [2.45, 2.75) is 6.92 Å². The maximum absolute atomic E-state index is 13.1. The zero-order valence-corrected chi connectivity index (χ0v) is 19.0. The van der Waals surface area contributed by atoms with Crippen LogP contribution in [0.3, 0.4) is 0 Å². The van der Waals surface area contributed by atoms with Crippen molar-refractivity contribution in [1.29, 1.82) is 0 Å². The Balaban J connectivity index is 1.70. The second kappa shape index (κ2) is 8.48. The molecule has 0 bridgehead atoms. The van der Waals surface area contributed by atoms with Crippen LogP contribution in [0.2, 0.25) is 15.1 Å². The van der Waals surface area contributed by atoms with Crippen LogP contribution in [0.15, 0.2) is 58.5 Å². The van der Waals surface area contributed by atoms with Crippen molar-refractivity contribution in [1.82, 2.24) is 5.32 Å². The number of halogens is 3. The van der Waals surface area contributed by atoms with E-state index in [1.54, 1.807) is 48.5 Å². The topological polar surface area (TPSA) is 62.6 Å². The highest BCUT2D eigenvalue weighted by Gasteiger charge is 2.35. The van der Waals surface area contributed by atoms with E-state index in [9.17, 15) is 9.59 Å². The van der Waals surface area contributed by atoms with Gasteiger partial charge in [-0.2, -0.15) is 0 Å². The zero-order valence-electron chi connectivity index (χ0n) is 15.9. The summed E-state index contributed by atoms with van der Waals surface area (Å²) in [5.74, 6) is -0.476. The summed E-state index contributed by atoms with van der Waals surface area (Å²) in [5, 5.41) is 3.92. The van der Waals surface area contributed by atoms with Crippen molar-refractivity contribution >= 4 is 75.7 Å². The normalized spacial score (nSPS) is 15.5. The number of benzene rings is 2. The Kier molecular flexibility index (Phi) is 5.90. The van der Waals surface area contributed by atoms with Gasteiger partial charge in [0, 0.05) is 15.6 Å². The molecule has 1 saturated heterocycles. The number of aryl methyl sites for hydroxylation is 1. The van der Waals surface area contributed by atoms with Crippen LogP contribution in [0, 0.1) is 6.92 Å². The molecule has 0 radical (unpaired) electrons. The van der Waals surface area contributed by atoms with E-state index in [0.717, 1.165) is 5.56 Å². The van der Waals surface area contributed by atoms with Crippen LogP contribution in [0.25, 0.3) is 17.4 Å². The molecule has 1 N–H and O–H groups in total. The molecule has 0 unspecified atom stereocenters. The van der Waals surface area contributed by atoms with Crippen LogP contribution < -0.4 is 10.2 Å². The monoisotopic (exact) mass is 490 g/mol. The van der Waals surface area contributed by atoms with Crippen molar-refractivity contribution in [3.8, 4) is 11.3 Å². The average molecular weight is 492 g/mol. The Labute approximate surface area is 198 Å². The van der Waals surface area contributed by atoms with Gasteiger partial charge in [0.25, 0.3) is 11.8 Å². The molecule has 0 saturated carbocycles. The summed E-state index contributed by atoms with van der Waals surface area (Å²) in [7, 11) is 0. The van der Waals surface area contributed by atoms with Gasteiger partial charge < -0.3 is 4.42 Å². The molecular formula is C22H13Cl3N2O3S. The number of carbonyl (C=O) groups is 2. The molecule has 156 valence electrons. The van der Waals surface area contributed by atoms with Crippen molar-refractivity contribution in [3.05, 3.63) is 80.5 Å². The van der Waals surface area contributed by atoms with E-state index >= 15 is 0 Å². The molecule has 3 aromatic rings. The molecule has 31 heavy (non-hydrogen) atoms. The number of carbonyl (C=O) groups excluding carboxylic acids is 2. The number of furan rings is 1. The summed E-state index contributed by atoms with van der Waals surface area (Å²) < 4.78 is 5.78. The molecule has 0 spiro atoms. The minimum absolute atomic E-state index is 0.0297. The largest absolute Gasteiger partial charge is 0.457 e. The number of anilines is 1. The van der Waals surface area contributed by atoms with E-state index in [2.05, 4.69) is 5.32 Å². The number of nitrogens with one attached hydrogen (secondary N) is 1. The summed E-state index contributed by atoms with van der Waals surface area (Å²) in [5.41, 5.74) is 1.75. The highest BCUT2D eigenvalue weighted by atomic mass is 35.5. The number of rotatable bonds is 3. The lowest BCUT2D eigenvalue weighted by Gasteiger charge is -2.29. The minimum atomic E-state index is -0.622. The maximum atomic E-state index is 13.1. The molecule has 0 aliphatic carbocycles. The van der Waals surface area contributed by atoms with Crippen LogP contribution in [0.5, 0.6) is 0 Å². The predicted octanol–water partition coefficient (Wildman–Crippen LogP) is 6.05. The predicted molar refractivity (Wildman–Crippen MR) is 127 cm³/mol. The molecular weight excluding hydrogens is 479 g/mol. The van der Waals surface area contributed by atoms with Gasteiger partial charge in [0.15, 0.2) is 5.11 Å². The fourth-order valence-electron chi connectivity index (χ4n) is 3.02. The number of thiocarbonyl (C=S) groups is 1. The van der Waals surface area contributed by atoms with Gasteiger partial charge in [-0.25, -0.2) is 0 Å². The summed E-state index contributed by atoms with van der Waals surface area (Å²) in [4.78, 5) is 26.8. The molecule has 1 aliphatic rings. The molecule has 1 aromatic heterocycles. The van der Waals surface area contributed by atoms with Crippen molar-refractivity contribution in [3.63, 3.8) is 0 Å². The van der Waals surface area contributed by atoms with Gasteiger partial charge in [0.2, 0.25) is 0 Å². The molecule has 2 heterocycles. The molecule has 2 aromatic carbocycles. The fourth-order valence-corrected chi connectivity index (χ4v) is 3.86. The van der Waals surface area contributed by atoms with Gasteiger partial charge >= 0.3 is 0 Å². The highest BCUT2D eigenvalue weighted by molar-refractivity contribution is 7.80. The van der Waals surface area contributed by atoms with Gasteiger partial charge in [-0.3, -0.25) is 19.8 Å². The zero-order chi connectivity index (χ0) is 22.3. The lowest BCUT2D eigenvalue weighted by molar-refractivity contribution is -0.122. The molecule has 5 nitrogen and oxygen atoms in total. The van der Waals surface area contributed by atoms with E-state index in [4.69, 9.17) is 51.4 Å². The molecule has 0 atom stereocenters. The van der Waals surface area contributed by atoms with E-state index in [1.165, 1.54) is 11.0 Å². The average Bonchev–Trinajstić information content (AvgIpc) is 3.18. The first-order valence-corrected chi connectivity index (χ1v) is 10.5. The summed E-state index contributed by atoms with van der Waals surface area (Å²) in [6.45, 7) is 1.84. The highest BCUT2D eigenvalue weighted by Crippen LogP contribution is 2.33. The quantitative estimate of drug-likeness (QED) is 0.275. The maximum Gasteiger partial charge on any atom is 0.270 e. The van der Waals surface area contributed by atoms with E-state index in [0.29, 0.717) is 37.8 Å². The van der Waals surface area contributed by atoms with Gasteiger partial charge in [-0.1, -0.05) is 40.9 Å².